The van der Waals surface area contributed by atoms with Crippen LogP contribution in [0.15, 0.2) is 24.7 Å². The predicted molar refractivity (Wildman–Crippen MR) is 50.5 cm³/mol. The molecule has 2 aromatic rings. The van der Waals surface area contributed by atoms with Crippen molar-refractivity contribution in [1.82, 2.24) is 19.7 Å². The number of hydrogen-bond donors (Lipinski definition) is 0. The van der Waals surface area contributed by atoms with Crippen molar-refractivity contribution in [2.24, 2.45) is 0 Å². The number of carbonyl (C=O) groups is 1. The Morgan fingerprint density at radius 2 is 2.25 bits per heavy atom. The number of carbonyl (C=O) groups excluding carboxylic acids is 1. The molecule has 0 aliphatic rings. The SMILES string of the molecule is COC(=O)c1ncn(-c2ccc(F)cn2)n1. The molecule has 0 bridgehead atoms. The first-order chi connectivity index (χ1) is 7.70. The summed E-state index contributed by atoms with van der Waals surface area (Å²) in [5, 5.41) is 3.83. The second kappa shape index (κ2) is 4.05. The van der Waals surface area contributed by atoms with E-state index >= 15 is 0 Å². The van der Waals surface area contributed by atoms with Gasteiger partial charge < -0.3 is 4.74 Å². The van der Waals surface area contributed by atoms with Gasteiger partial charge in [-0.25, -0.2) is 23.8 Å². The average Bonchev–Trinajstić information content (AvgIpc) is 2.78. The fraction of sp³-hybridized carbons (Fsp3) is 0.111. The van der Waals surface area contributed by atoms with E-state index < -0.39 is 11.8 Å². The van der Waals surface area contributed by atoms with Gasteiger partial charge in [0.2, 0.25) is 0 Å². The van der Waals surface area contributed by atoms with Crippen molar-refractivity contribution in [3.05, 3.63) is 36.3 Å². The monoisotopic (exact) mass is 222 g/mol. The average molecular weight is 222 g/mol. The van der Waals surface area contributed by atoms with Gasteiger partial charge in [-0.05, 0) is 12.1 Å². The summed E-state index contributed by atoms with van der Waals surface area (Å²) < 4.78 is 18.3. The summed E-state index contributed by atoms with van der Waals surface area (Å²) >= 11 is 0. The molecule has 0 aliphatic carbocycles. The molecule has 0 amide bonds. The lowest BCUT2D eigenvalue weighted by atomic mass is 10.4. The van der Waals surface area contributed by atoms with Gasteiger partial charge in [0.05, 0.1) is 13.3 Å². The fourth-order valence-corrected chi connectivity index (χ4v) is 1.06. The van der Waals surface area contributed by atoms with Crippen LogP contribution in [0.25, 0.3) is 5.82 Å². The number of ether oxygens (including phenoxy) is 1. The molecular weight excluding hydrogens is 215 g/mol. The molecule has 0 radical (unpaired) electrons. The predicted octanol–water partition coefficient (Wildman–Crippen LogP) is 0.588. The molecule has 7 heteroatoms. The number of nitrogens with zero attached hydrogens (tertiary/aromatic N) is 4. The molecule has 6 nitrogen and oxygen atoms in total. The van der Waals surface area contributed by atoms with E-state index in [1.165, 1.54) is 30.3 Å². The van der Waals surface area contributed by atoms with Crippen LogP contribution in [-0.2, 0) is 4.74 Å². The van der Waals surface area contributed by atoms with Crippen LogP contribution in [-0.4, -0.2) is 32.8 Å². The number of rotatable bonds is 2. The smallest absolute Gasteiger partial charge is 0.377 e. The summed E-state index contributed by atoms with van der Waals surface area (Å²) in [7, 11) is 1.24. The second-order valence-corrected chi connectivity index (χ2v) is 2.84. The molecule has 0 fully saturated rings. The molecule has 0 aliphatic heterocycles. The van der Waals surface area contributed by atoms with Crippen LogP contribution >= 0.6 is 0 Å². The first kappa shape index (κ1) is 10.2. The van der Waals surface area contributed by atoms with Crippen molar-refractivity contribution in [2.75, 3.05) is 7.11 Å². The van der Waals surface area contributed by atoms with Crippen molar-refractivity contribution in [1.29, 1.82) is 0 Å². The van der Waals surface area contributed by atoms with E-state index in [1.54, 1.807) is 0 Å². The highest BCUT2D eigenvalue weighted by molar-refractivity contribution is 5.84. The maximum absolute atomic E-state index is 12.6. The third kappa shape index (κ3) is 1.88. The minimum atomic E-state index is -0.638. The highest BCUT2D eigenvalue weighted by Gasteiger charge is 2.12. The van der Waals surface area contributed by atoms with E-state index in [2.05, 4.69) is 19.8 Å². The van der Waals surface area contributed by atoms with Crippen molar-refractivity contribution >= 4 is 5.97 Å². The molecule has 0 spiro atoms. The van der Waals surface area contributed by atoms with Gasteiger partial charge in [0.15, 0.2) is 5.82 Å². The molecule has 0 saturated carbocycles. The minimum Gasteiger partial charge on any atom is -0.463 e. The first-order valence-corrected chi connectivity index (χ1v) is 4.32. The lowest BCUT2D eigenvalue weighted by molar-refractivity contribution is 0.0587. The van der Waals surface area contributed by atoms with Crippen molar-refractivity contribution in [2.45, 2.75) is 0 Å². The standard InChI is InChI=1S/C9H7FN4O2/c1-16-9(15)8-12-5-14(13-8)7-3-2-6(10)4-11-7/h2-5H,1H3. The summed E-state index contributed by atoms with van der Waals surface area (Å²) in [6.07, 6.45) is 2.35. The lowest BCUT2D eigenvalue weighted by Crippen LogP contribution is -2.05. The highest BCUT2D eigenvalue weighted by atomic mass is 19.1. The Kier molecular flexibility index (Phi) is 2.59. The summed E-state index contributed by atoms with van der Waals surface area (Å²) in [6.45, 7) is 0. The quantitative estimate of drug-likeness (QED) is 0.695. The summed E-state index contributed by atoms with van der Waals surface area (Å²) in [5.74, 6) is -0.796. The van der Waals surface area contributed by atoms with E-state index in [4.69, 9.17) is 0 Å². The van der Waals surface area contributed by atoms with Crippen LogP contribution < -0.4 is 0 Å². The Morgan fingerprint density at radius 3 is 2.88 bits per heavy atom. The third-order valence-corrected chi connectivity index (χ3v) is 1.81. The van der Waals surface area contributed by atoms with Crippen molar-refractivity contribution in [3.63, 3.8) is 0 Å². The van der Waals surface area contributed by atoms with Gasteiger partial charge in [-0.15, -0.1) is 5.10 Å². The van der Waals surface area contributed by atoms with Gasteiger partial charge >= 0.3 is 5.97 Å². The van der Waals surface area contributed by atoms with Gasteiger partial charge in [0, 0.05) is 0 Å². The van der Waals surface area contributed by atoms with Crippen LogP contribution in [0.1, 0.15) is 10.6 Å². The number of halogens is 1. The molecule has 0 saturated heterocycles. The summed E-state index contributed by atoms with van der Waals surface area (Å²) in [4.78, 5) is 18.6. The number of pyridine rings is 1. The van der Waals surface area contributed by atoms with Crippen LogP contribution in [0, 0.1) is 5.82 Å². The molecule has 0 unspecified atom stereocenters. The van der Waals surface area contributed by atoms with E-state index in [-0.39, 0.29) is 5.82 Å². The Labute approximate surface area is 89.7 Å². The van der Waals surface area contributed by atoms with Gasteiger partial charge in [0.25, 0.3) is 5.82 Å². The van der Waals surface area contributed by atoms with E-state index in [1.807, 2.05) is 0 Å². The lowest BCUT2D eigenvalue weighted by Gasteiger charge is -1.97. The zero-order chi connectivity index (χ0) is 11.5. The fourth-order valence-electron chi connectivity index (χ4n) is 1.06. The van der Waals surface area contributed by atoms with Crippen LogP contribution in [0.2, 0.25) is 0 Å². The molecule has 16 heavy (non-hydrogen) atoms. The van der Waals surface area contributed by atoms with Gasteiger partial charge in [-0.1, -0.05) is 0 Å². The Bertz CT molecular complexity index is 508. The molecule has 82 valence electrons. The Balaban J connectivity index is 2.31. The van der Waals surface area contributed by atoms with E-state index in [0.29, 0.717) is 5.82 Å². The molecule has 0 atom stereocenters. The summed E-state index contributed by atoms with van der Waals surface area (Å²) in [6, 6.07) is 2.66. The van der Waals surface area contributed by atoms with Crippen molar-refractivity contribution < 1.29 is 13.9 Å². The van der Waals surface area contributed by atoms with Crippen molar-refractivity contribution in [3.8, 4) is 5.82 Å². The van der Waals surface area contributed by atoms with Gasteiger partial charge in [0.1, 0.15) is 12.1 Å². The third-order valence-electron chi connectivity index (χ3n) is 1.81. The Hall–Kier alpha value is -2.31. The molecular formula is C9H7FN4O2. The molecule has 2 rings (SSSR count). The number of hydrogen-bond acceptors (Lipinski definition) is 5. The zero-order valence-corrected chi connectivity index (χ0v) is 8.29. The number of methoxy groups -OCH3 is 1. The summed E-state index contributed by atoms with van der Waals surface area (Å²) in [5.41, 5.74) is 0. The zero-order valence-electron chi connectivity index (χ0n) is 8.29. The van der Waals surface area contributed by atoms with Crippen LogP contribution in [0.5, 0.6) is 0 Å². The maximum Gasteiger partial charge on any atom is 0.377 e. The Morgan fingerprint density at radius 1 is 1.44 bits per heavy atom. The van der Waals surface area contributed by atoms with E-state index in [9.17, 15) is 9.18 Å². The molecule has 2 heterocycles. The number of esters is 1. The topological polar surface area (TPSA) is 69.9 Å². The van der Waals surface area contributed by atoms with Crippen LogP contribution in [0.3, 0.4) is 0 Å². The molecule has 2 aromatic heterocycles. The second-order valence-electron chi connectivity index (χ2n) is 2.84. The normalized spacial score (nSPS) is 10.1. The molecule has 0 aromatic carbocycles. The van der Waals surface area contributed by atoms with Gasteiger partial charge in [-0.3, -0.25) is 0 Å². The first-order valence-electron chi connectivity index (χ1n) is 4.32. The molecule has 0 N–H and O–H groups in total. The van der Waals surface area contributed by atoms with E-state index in [0.717, 1.165) is 6.20 Å². The minimum absolute atomic E-state index is 0.0753. The maximum atomic E-state index is 12.6. The highest BCUT2D eigenvalue weighted by Crippen LogP contribution is 2.03. The number of aromatic nitrogens is 4. The van der Waals surface area contributed by atoms with Gasteiger partial charge in [-0.2, -0.15) is 0 Å². The van der Waals surface area contributed by atoms with Crippen LogP contribution in [0.4, 0.5) is 4.39 Å². The largest absolute Gasteiger partial charge is 0.463 e.